The number of nitrogens with zero attached hydrogens (tertiary/aromatic N) is 2. The van der Waals surface area contributed by atoms with Gasteiger partial charge in [0.15, 0.2) is 0 Å². The molecule has 0 radical (unpaired) electrons. The molecule has 0 aromatic heterocycles. The molecule has 0 bridgehead atoms. The van der Waals surface area contributed by atoms with Crippen molar-refractivity contribution < 1.29 is 9.59 Å². The van der Waals surface area contributed by atoms with Gasteiger partial charge in [0.2, 0.25) is 5.91 Å². The van der Waals surface area contributed by atoms with Crippen LogP contribution >= 0.6 is 11.6 Å². The lowest BCUT2D eigenvalue weighted by atomic mass is 10.1. The lowest BCUT2D eigenvalue weighted by Gasteiger charge is -2.39. The van der Waals surface area contributed by atoms with Crippen LogP contribution in [0, 0.1) is 0 Å². The van der Waals surface area contributed by atoms with E-state index in [1.54, 1.807) is 34.9 Å². The molecule has 23 heavy (non-hydrogen) atoms. The monoisotopic (exact) mass is 328 g/mol. The largest absolute Gasteiger partial charge is 0.325 e. The smallest absolute Gasteiger partial charge is 0.254 e. The molecule has 1 aliphatic heterocycles. The maximum absolute atomic E-state index is 12.7. The third-order valence-corrected chi connectivity index (χ3v) is 4.40. The molecule has 1 unspecified atom stereocenters. The maximum Gasteiger partial charge on any atom is 0.254 e. The topological polar surface area (TPSA) is 40.6 Å². The van der Waals surface area contributed by atoms with Crippen LogP contribution in [0.25, 0.3) is 0 Å². The summed E-state index contributed by atoms with van der Waals surface area (Å²) in [7, 11) is 0. The number of carbonyl (C=O) groups is 2. The van der Waals surface area contributed by atoms with Gasteiger partial charge in [0, 0.05) is 18.7 Å². The number of para-hydroxylation sites is 1. The van der Waals surface area contributed by atoms with E-state index in [2.05, 4.69) is 0 Å². The third kappa shape index (κ3) is 2.94. The standard InChI is InChI=1S/C18H17ClN2O2/c1-13-17(22)21(16-10-6-5-9-15(16)19)12-11-20(13)18(23)14-7-3-2-4-8-14/h2-10,13H,11-12H2,1H3. The molecule has 1 heterocycles. The molecule has 2 amide bonds. The number of carbonyl (C=O) groups excluding carboxylic acids is 2. The van der Waals surface area contributed by atoms with Crippen molar-refractivity contribution in [1.29, 1.82) is 0 Å². The van der Waals surface area contributed by atoms with Crippen molar-refractivity contribution >= 4 is 29.1 Å². The zero-order valence-electron chi connectivity index (χ0n) is 12.8. The summed E-state index contributed by atoms with van der Waals surface area (Å²) in [6, 6.07) is 15.8. The Morgan fingerprint density at radius 3 is 2.39 bits per heavy atom. The van der Waals surface area contributed by atoms with E-state index in [9.17, 15) is 9.59 Å². The van der Waals surface area contributed by atoms with Gasteiger partial charge in [-0.3, -0.25) is 9.59 Å². The fraction of sp³-hybridized carbons (Fsp3) is 0.222. The predicted octanol–water partition coefficient (Wildman–Crippen LogP) is 3.22. The van der Waals surface area contributed by atoms with E-state index in [0.717, 1.165) is 0 Å². The minimum absolute atomic E-state index is 0.117. The Morgan fingerprint density at radius 2 is 1.70 bits per heavy atom. The number of halogens is 1. The zero-order valence-corrected chi connectivity index (χ0v) is 13.5. The van der Waals surface area contributed by atoms with Crippen LogP contribution < -0.4 is 4.90 Å². The first-order valence-corrected chi connectivity index (χ1v) is 7.89. The molecule has 5 heteroatoms. The molecule has 1 saturated heterocycles. The maximum atomic E-state index is 12.7. The van der Waals surface area contributed by atoms with Crippen LogP contribution in [0.1, 0.15) is 17.3 Å². The van der Waals surface area contributed by atoms with Crippen LogP contribution in [0.5, 0.6) is 0 Å². The van der Waals surface area contributed by atoms with Gasteiger partial charge < -0.3 is 9.80 Å². The van der Waals surface area contributed by atoms with Crippen molar-refractivity contribution in [2.24, 2.45) is 0 Å². The second kappa shape index (κ2) is 6.42. The van der Waals surface area contributed by atoms with Crippen molar-refractivity contribution in [1.82, 2.24) is 4.90 Å². The summed E-state index contributed by atoms with van der Waals surface area (Å²) in [4.78, 5) is 28.6. The van der Waals surface area contributed by atoms with Crippen molar-refractivity contribution in [3.8, 4) is 0 Å². The van der Waals surface area contributed by atoms with Gasteiger partial charge in [0.25, 0.3) is 5.91 Å². The molecule has 0 N–H and O–H groups in total. The summed E-state index contributed by atoms with van der Waals surface area (Å²) in [6.45, 7) is 2.67. The van der Waals surface area contributed by atoms with Gasteiger partial charge in [-0.15, -0.1) is 0 Å². The molecular formula is C18H17ClN2O2. The fourth-order valence-corrected chi connectivity index (χ4v) is 3.04. The van der Waals surface area contributed by atoms with Gasteiger partial charge in [0.1, 0.15) is 6.04 Å². The van der Waals surface area contributed by atoms with Crippen LogP contribution in [0.3, 0.4) is 0 Å². The first-order valence-electron chi connectivity index (χ1n) is 7.51. The molecule has 1 fully saturated rings. The Kier molecular flexibility index (Phi) is 4.35. The minimum atomic E-state index is -0.521. The van der Waals surface area contributed by atoms with Gasteiger partial charge >= 0.3 is 0 Å². The Bertz CT molecular complexity index is 733. The number of piperazine rings is 1. The van der Waals surface area contributed by atoms with E-state index in [-0.39, 0.29) is 11.8 Å². The molecule has 1 atom stereocenters. The molecule has 0 spiro atoms. The lowest BCUT2D eigenvalue weighted by Crippen LogP contribution is -2.57. The van der Waals surface area contributed by atoms with Gasteiger partial charge in [-0.05, 0) is 31.2 Å². The van der Waals surface area contributed by atoms with E-state index in [0.29, 0.717) is 29.4 Å². The molecular weight excluding hydrogens is 312 g/mol. The normalized spacial score (nSPS) is 18.2. The van der Waals surface area contributed by atoms with Gasteiger partial charge in [-0.1, -0.05) is 41.9 Å². The second-order valence-electron chi connectivity index (χ2n) is 5.48. The summed E-state index contributed by atoms with van der Waals surface area (Å²) in [6.07, 6.45) is 0. The lowest BCUT2D eigenvalue weighted by molar-refractivity contribution is -0.124. The summed E-state index contributed by atoms with van der Waals surface area (Å²) in [5.41, 5.74) is 1.29. The number of rotatable bonds is 2. The van der Waals surface area contributed by atoms with Gasteiger partial charge in [-0.25, -0.2) is 0 Å². The fourth-order valence-electron chi connectivity index (χ4n) is 2.80. The number of anilines is 1. The Hall–Kier alpha value is -2.33. The first-order chi connectivity index (χ1) is 11.1. The SMILES string of the molecule is CC1C(=O)N(c2ccccc2Cl)CCN1C(=O)c1ccccc1. The average molecular weight is 329 g/mol. The number of amides is 2. The average Bonchev–Trinajstić information content (AvgIpc) is 2.58. The number of hydrogen-bond acceptors (Lipinski definition) is 2. The zero-order chi connectivity index (χ0) is 16.4. The summed E-state index contributed by atoms with van der Waals surface area (Å²) >= 11 is 6.19. The van der Waals surface area contributed by atoms with Crippen LogP contribution in [0.15, 0.2) is 54.6 Å². The molecule has 2 aromatic rings. The summed E-state index contributed by atoms with van der Waals surface area (Å²) in [5.74, 6) is -0.237. The van der Waals surface area contributed by atoms with E-state index in [1.807, 2.05) is 36.4 Å². The van der Waals surface area contributed by atoms with Gasteiger partial charge in [-0.2, -0.15) is 0 Å². The molecule has 4 nitrogen and oxygen atoms in total. The summed E-state index contributed by atoms with van der Waals surface area (Å²) in [5, 5.41) is 0.538. The van der Waals surface area contributed by atoms with Crippen molar-refractivity contribution in [2.45, 2.75) is 13.0 Å². The molecule has 2 aromatic carbocycles. The highest BCUT2D eigenvalue weighted by atomic mass is 35.5. The molecule has 0 aliphatic carbocycles. The number of benzene rings is 2. The highest BCUT2D eigenvalue weighted by Crippen LogP contribution is 2.28. The summed E-state index contributed by atoms with van der Waals surface area (Å²) < 4.78 is 0. The number of hydrogen-bond donors (Lipinski definition) is 0. The minimum Gasteiger partial charge on any atom is -0.325 e. The van der Waals surface area contributed by atoms with Crippen molar-refractivity contribution in [2.75, 3.05) is 18.0 Å². The Labute approximate surface area is 140 Å². The van der Waals surface area contributed by atoms with Crippen LogP contribution in [0.2, 0.25) is 5.02 Å². The quantitative estimate of drug-likeness (QED) is 0.849. The third-order valence-electron chi connectivity index (χ3n) is 4.08. The van der Waals surface area contributed by atoms with Crippen LogP contribution in [0.4, 0.5) is 5.69 Å². The van der Waals surface area contributed by atoms with E-state index in [1.165, 1.54) is 0 Å². The van der Waals surface area contributed by atoms with E-state index in [4.69, 9.17) is 11.6 Å². The van der Waals surface area contributed by atoms with Gasteiger partial charge in [0.05, 0.1) is 10.7 Å². The van der Waals surface area contributed by atoms with Crippen LogP contribution in [-0.4, -0.2) is 35.8 Å². The molecule has 3 rings (SSSR count). The van der Waals surface area contributed by atoms with Crippen molar-refractivity contribution in [3.05, 3.63) is 65.2 Å². The highest BCUT2D eigenvalue weighted by molar-refractivity contribution is 6.33. The molecule has 118 valence electrons. The molecule has 0 saturated carbocycles. The predicted molar refractivity (Wildman–Crippen MR) is 90.7 cm³/mol. The highest BCUT2D eigenvalue weighted by Gasteiger charge is 2.35. The van der Waals surface area contributed by atoms with Crippen molar-refractivity contribution in [3.63, 3.8) is 0 Å². The van der Waals surface area contributed by atoms with E-state index >= 15 is 0 Å². The van der Waals surface area contributed by atoms with E-state index < -0.39 is 6.04 Å². The Balaban J connectivity index is 1.82. The second-order valence-corrected chi connectivity index (χ2v) is 5.89. The Morgan fingerprint density at radius 1 is 1.04 bits per heavy atom. The first kappa shape index (κ1) is 15.6. The van der Waals surface area contributed by atoms with Crippen LogP contribution in [-0.2, 0) is 4.79 Å². The molecule has 1 aliphatic rings.